The molecule has 1 N–H and O–H groups in total. The Morgan fingerprint density at radius 2 is 2.04 bits per heavy atom. The molecule has 25 heavy (non-hydrogen) atoms. The fourth-order valence-corrected chi connectivity index (χ4v) is 3.75. The number of halogens is 1. The number of carbonyl (C=O) groups is 1. The third-order valence-electron chi connectivity index (χ3n) is 4.20. The smallest absolute Gasteiger partial charge is 0.267 e. The van der Waals surface area contributed by atoms with Gasteiger partial charge < -0.3 is 10.2 Å². The van der Waals surface area contributed by atoms with Gasteiger partial charge in [-0.2, -0.15) is 0 Å². The maximum atomic E-state index is 13.1. The van der Waals surface area contributed by atoms with Gasteiger partial charge in [0, 0.05) is 11.3 Å². The van der Waals surface area contributed by atoms with Crippen LogP contribution in [0.2, 0.25) is 0 Å². The molecule has 1 aliphatic rings. The van der Waals surface area contributed by atoms with Crippen LogP contribution in [0.15, 0.2) is 29.4 Å². The molecule has 1 amide bonds. The number of aromatic nitrogens is 1. The van der Waals surface area contributed by atoms with Gasteiger partial charge >= 0.3 is 0 Å². The molecular formula is C18H20FN3O2S. The summed E-state index contributed by atoms with van der Waals surface area (Å²) in [6.07, 6.45) is 0.331. The molecule has 5 nitrogen and oxygen atoms in total. The number of amides is 1. The lowest BCUT2D eigenvalue weighted by Crippen LogP contribution is -2.45. The van der Waals surface area contributed by atoms with Gasteiger partial charge in [0.15, 0.2) is 0 Å². The molecule has 2 unspecified atom stereocenters. The van der Waals surface area contributed by atoms with Gasteiger partial charge in [-0.15, -0.1) is 11.3 Å². The quantitative estimate of drug-likeness (QED) is 0.904. The number of nitrogens with zero attached hydrogens (tertiary/aromatic N) is 2. The average Bonchev–Trinajstić information content (AvgIpc) is 3.11. The molecule has 0 aliphatic carbocycles. The van der Waals surface area contributed by atoms with Gasteiger partial charge in [-0.1, -0.05) is 17.3 Å². The van der Waals surface area contributed by atoms with E-state index in [0.717, 1.165) is 21.1 Å². The Bertz CT molecular complexity index is 831. The average molecular weight is 361 g/mol. The lowest BCUT2D eigenvalue weighted by molar-refractivity contribution is -0.142. The van der Waals surface area contributed by atoms with Crippen molar-refractivity contribution in [2.24, 2.45) is 5.16 Å². The fraction of sp³-hybridized carbons (Fsp3) is 0.389. The van der Waals surface area contributed by atoms with Crippen LogP contribution < -0.4 is 5.32 Å². The second-order valence-electron chi connectivity index (χ2n) is 6.42. The molecule has 2 aromatic rings. The summed E-state index contributed by atoms with van der Waals surface area (Å²) in [5, 5.41) is 7.99. The molecule has 2 heterocycles. The molecule has 1 aromatic heterocycles. The van der Waals surface area contributed by atoms with Gasteiger partial charge in [-0.3, -0.25) is 4.79 Å². The van der Waals surface area contributed by atoms with E-state index >= 15 is 0 Å². The SMILES string of the molecule is Cc1nc(C)c(C(C)NC(=O)C2(C)CC(c3ccc(F)cc3)=NO2)s1. The number of benzene rings is 1. The van der Waals surface area contributed by atoms with E-state index in [9.17, 15) is 9.18 Å². The van der Waals surface area contributed by atoms with Crippen molar-refractivity contribution in [1.29, 1.82) is 0 Å². The number of thiazole rings is 1. The molecule has 0 radical (unpaired) electrons. The largest absolute Gasteiger partial charge is 0.379 e. The van der Waals surface area contributed by atoms with Crippen molar-refractivity contribution in [2.75, 3.05) is 0 Å². The van der Waals surface area contributed by atoms with Crippen LogP contribution in [0, 0.1) is 19.7 Å². The zero-order valence-corrected chi connectivity index (χ0v) is 15.4. The van der Waals surface area contributed by atoms with Crippen LogP contribution >= 0.6 is 11.3 Å². The first kappa shape index (κ1) is 17.5. The minimum atomic E-state index is -1.08. The van der Waals surface area contributed by atoms with E-state index in [1.54, 1.807) is 30.4 Å². The Hall–Kier alpha value is -2.28. The number of oxime groups is 1. The monoisotopic (exact) mass is 361 g/mol. The molecule has 3 rings (SSSR count). The van der Waals surface area contributed by atoms with Crippen molar-refractivity contribution in [3.8, 4) is 0 Å². The van der Waals surface area contributed by atoms with Crippen LogP contribution in [0.25, 0.3) is 0 Å². The number of rotatable bonds is 4. The van der Waals surface area contributed by atoms with Gasteiger partial charge in [-0.25, -0.2) is 9.37 Å². The first-order valence-corrected chi connectivity index (χ1v) is 8.86. The molecule has 2 atom stereocenters. The summed E-state index contributed by atoms with van der Waals surface area (Å²) in [6.45, 7) is 7.52. The third-order valence-corrected chi connectivity index (χ3v) is 5.46. The summed E-state index contributed by atoms with van der Waals surface area (Å²) >= 11 is 1.57. The normalized spacial score (nSPS) is 20.8. The summed E-state index contributed by atoms with van der Waals surface area (Å²) in [7, 11) is 0. The van der Waals surface area contributed by atoms with Crippen molar-refractivity contribution in [2.45, 2.75) is 45.8 Å². The molecule has 132 valence electrons. The van der Waals surface area contributed by atoms with E-state index in [1.165, 1.54) is 12.1 Å². The summed E-state index contributed by atoms with van der Waals surface area (Å²) in [4.78, 5) is 23.6. The predicted octanol–water partition coefficient (Wildman–Crippen LogP) is 3.66. The highest BCUT2D eigenvalue weighted by Gasteiger charge is 2.42. The lowest BCUT2D eigenvalue weighted by Gasteiger charge is -2.23. The highest BCUT2D eigenvalue weighted by atomic mass is 32.1. The van der Waals surface area contributed by atoms with Gasteiger partial charge in [0.1, 0.15) is 5.82 Å². The Balaban J connectivity index is 1.68. The number of nitrogens with one attached hydrogen (secondary N) is 1. The van der Waals surface area contributed by atoms with E-state index < -0.39 is 5.60 Å². The number of aryl methyl sites for hydroxylation is 2. The highest BCUT2D eigenvalue weighted by molar-refractivity contribution is 7.11. The summed E-state index contributed by atoms with van der Waals surface area (Å²) in [5.41, 5.74) is 1.23. The first-order chi connectivity index (χ1) is 11.8. The Labute approximate surface area is 149 Å². The minimum absolute atomic E-state index is 0.158. The van der Waals surface area contributed by atoms with Crippen molar-refractivity contribution in [3.05, 3.63) is 51.2 Å². The molecule has 0 fully saturated rings. The van der Waals surface area contributed by atoms with Crippen molar-refractivity contribution >= 4 is 23.0 Å². The predicted molar refractivity (Wildman–Crippen MR) is 95.2 cm³/mol. The van der Waals surface area contributed by atoms with Crippen LogP contribution in [0.4, 0.5) is 4.39 Å². The van der Waals surface area contributed by atoms with Crippen LogP contribution in [0.1, 0.15) is 47.5 Å². The second-order valence-corrected chi connectivity index (χ2v) is 7.66. The van der Waals surface area contributed by atoms with E-state index in [-0.39, 0.29) is 17.8 Å². The molecule has 0 bridgehead atoms. The Kier molecular flexibility index (Phi) is 4.60. The third kappa shape index (κ3) is 3.56. The molecule has 1 aromatic carbocycles. The molecular weight excluding hydrogens is 341 g/mol. The minimum Gasteiger partial charge on any atom is -0.379 e. The first-order valence-electron chi connectivity index (χ1n) is 8.04. The van der Waals surface area contributed by atoms with Crippen molar-refractivity contribution in [1.82, 2.24) is 10.3 Å². The molecule has 1 aliphatic heterocycles. The van der Waals surface area contributed by atoms with E-state index in [2.05, 4.69) is 15.5 Å². The Morgan fingerprint density at radius 3 is 2.64 bits per heavy atom. The molecule has 0 spiro atoms. The zero-order valence-electron chi connectivity index (χ0n) is 14.6. The van der Waals surface area contributed by atoms with Gasteiger partial charge in [-0.05, 0) is 45.4 Å². The number of hydrogen-bond donors (Lipinski definition) is 1. The van der Waals surface area contributed by atoms with Crippen LogP contribution in [0.5, 0.6) is 0 Å². The van der Waals surface area contributed by atoms with Crippen LogP contribution in [0.3, 0.4) is 0 Å². The highest BCUT2D eigenvalue weighted by Crippen LogP contribution is 2.29. The number of hydrogen-bond acceptors (Lipinski definition) is 5. The lowest BCUT2D eigenvalue weighted by atomic mass is 9.95. The van der Waals surface area contributed by atoms with Crippen LogP contribution in [-0.2, 0) is 9.63 Å². The molecule has 7 heteroatoms. The topological polar surface area (TPSA) is 63.6 Å². The van der Waals surface area contributed by atoms with E-state index in [1.807, 2.05) is 20.8 Å². The molecule has 0 saturated carbocycles. The van der Waals surface area contributed by atoms with Gasteiger partial charge in [0.25, 0.3) is 5.91 Å². The standard InChI is InChI=1S/C18H20FN3O2S/c1-10-16(25-12(3)20-10)11(2)21-17(23)18(4)9-15(22-24-18)13-5-7-14(19)8-6-13/h5-8,11H,9H2,1-4H3,(H,21,23). The maximum Gasteiger partial charge on any atom is 0.267 e. The van der Waals surface area contributed by atoms with Crippen molar-refractivity contribution in [3.63, 3.8) is 0 Å². The fourth-order valence-electron chi connectivity index (χ4n) is 2.82. The second kappa shape index (κ2) is 6.55. The number of carbonyl (C=O) groups excluding carboxylic acids is 1. The molecule has 0 saturated heterocycles. The van der Waals surface area contributed by atoms with Gasteiger partial charge in [0.05, 0.1) is 22.5 Å². The van der Waals surface area contributed by atoms with E-state index in [0.29, 0.717) is 12.1 Å². The summed E-state index contributed by atoms with van der Waals surface area (Å²) < 4.78 is 13.1. The van der Waals surface area contributed by atoms with Crippen LogP contribution in [-0.4, -0.2) is 22.2 Å². The van der Waals surface area contributed by atoms with E-state index in [4.69, 9.17) is 4.84 Å². The maximum absolute atomic E-state index is 13.1. The summed E-state index contributed by atoms with van der Waals surface area (Å²) in [5.74, 6) is -0.542. The van der Waals surface area contributed by atoms with Crippen molar-refractivity contribution < 1.29 is 14.0 Å². The zero-order chi connectivity index (χ0) is 18.2. The van der Waals surface area contributed by atoms with Gasteiger partial charge in [0.2, 0.25) is 5.60 Å². The Morgan fingerprint density at radius 1 is 1.36 bits per heavy atom. The summed E-state index contributed by atoms with van der Waals surface area (Å²) in [6, 6.07) is 5.84.